The summed E-state index contributed by atoms with van der Waals surface area (Å²) in [4.78, 5) is 16.3. The maximum Gasteiger partial charge on any atom is 0.262 e. The molecule has 23 heavy (non-hydrogen) atoms. The highest BCUT2D eigenvalue weighted by Gasteiger charge is 2.09. The van der Waals surface area contributed by atoms with Gasteiger partial charge < -0.3 is 10.1 Å². The Morgan fingerprint density at radius 3 is 2.91 bits per heavy atom. The average molecular weight is 331 g/mol. The molecule has 1 amide bonds. The van der Waals surface area contributed by atoms with Crippen molar-refractivity contribution in [3.63, 3.8) is 0 Å². The first-order chi connectivity index (χ1) is 11.0. The Morgan fingerprint density at radius 2 is 2.13 bits per heavy atom. The highest BCUT2D eigenvalue weighted by molar-refractivity contribution is 6.32. The van der Waals surface area contributed by atoms with Crippen LogP contribution in [0.5, 0.6) is 5.75 Å². The molecule has 0 aliphatic carbocycles. The molecule has 7 heteroatoms. The molecule has 3 aromatic rings. The van der Waals surface area contributed by atoms with Crippen LogP contribution in [0, 0.1) is 13.8 Å². The van der Waals surface area contributed by atoms with Gasteiger partial charge in [-0.25, -0.2) is 9.50 Å². The van der Waals surface area contributed by atoms with E-state index in [1.54, 1.807) is 35.0 Å². The molecule has 0 atom stereocenters. The number of amides is 1. The first-order valence-corrected chi connectivity index (χ1v) is 7.41. The lowest BCUT2D eigenvalue weighted by atomic mass is 10.3. The van der Waals surface area contributed by atoms with Gasteiger partial charge in [0.1, 0.15) is 11.6 Å². The Morgan fingerprint density at radius 1 is 1.35 bits per heavy atom. The van der Waals surface area contributed by atoms with E-state index in [-0.39, 0.29) is 12.5 Å². The van der Waals surface area contributed by atoms with Crippen molar-refractivity contribution in [1.29, 1.82) is 0 Å². The Balaban J connectivity index is 1.69. The van der Waals surface area contributed by atoms with E-state index in [9.17, 15) is 4.79 Å². The molecule has 0 bridgehead atoms. The number of hydrogen-bond acceptors (Lipinski definition) is 4. The number of para-hydroxylation sites is 1. The van der Waals surface area contributed by atoms with Crippen molar-refractivity contribution >= 4 is 28.8 Å². The number of nitrogens with zero attached hydrogens (tertiary/aromatic N) is 3. The third-order valence-electron chi connectivity index (χ3n) is 3.20. The SMILES string of the molecule is Cc1nc2c(C)cc(NC(=O)COc3ccccc3Cl)cn2n1. The first-order valence-electron chi connectivity index (χ1n) is 7.04. The number of carbonyl (C=O) groups is 1. The van der Waals surface area contributed by atoms with Gasteiger partial charge in [0.05, 0.1) is 16.9 Å². The summed E-state index contributed by atoms with van der Waals surface area (Å²) in [6.45, 7) is 3.61. The molecule has 0 saturated carbocycles. The second kappa shape index (κ2) is 6.26. The third kappa shape index (κ3) is 3.43. The van der Waals surface area contributed by atoms with Gasteiger partial charge >= 0.3 is 0 Å². The molecule has 2 aromatic heterocycles. The number of fused-ring (bicyclic) bond motifs is 1. The molecule has 118 valence electrons. The van der Waals surface area contributed by atoms with Gasteiger partial charge in [-0.1, -0.05) is 23.7 Å². The van der Waals surface area contributed by atoms with E-state index >= 15 is 0 Å². The molecule has 0 spiro atoms. The fourth-order valence-electron chi connectivity index (χ4n) is 2.23. The number of benzene rings is 1. The summed E-state index contributed by atoms with van der Waals surface area (Å²) >= 11 is 5.98. The van der Waals surface area contributed by atoms with Gasteiger partial charge in [-0.05, 0) is 37.6 Å². The quantitative estimate of drug-likeness (QED) is 0.798. The Labute approximate surface area is 138 Å². The zero-order chi connectivity index (χ0) is 16.4. The van der Waals surface area contributed by atoms with Crippen molar-refractivity contribution in [1.82, 2.24) is 14.6 Å². The third-order valence-corrected chi connectivity index (χ3v) is 3.51. The second-order valence-corrected chi connectivity index (χ2v) is 5.51. The minimum atomic E-state index is -0.277. The van der Waals surface area contributed by atoms with Crippen LogP contribution in [0.15, 0.2) is 36.5 Å². The number of carbonyl (C=O) groups excluding carboxylic acids is 1. The van der Waals surface area contributed by atoms with Gasteiger partial charge in [-0.2, -0.15) is 5.10 Å². The number of nitrogens with one attached hydrogen (secondary N) is 1. The monoisotopic (exact) mass is 330 g/mol. The van der Waals surface area contributed by atoms with E-state index in [1.165, 1.54) is 0 Å². The minimum Gasteiger partial charge on any atom is -0.482 e. The summed E-state index contributed by atoms with van der Waals surface area (Å²) in [7, 11) is 0. The molecule has 1 N–H and O–H groups in total. The van der Waals surface area contributed by atoms with Crippen LogP contribution >= 0.6 is 11.6 Å². The standard InChI is InChI=1S/C16H15ClN4O2/c1-10-7-12(8-21-16(10)18-11(2)20-21)19-15(22)9-23-14-6-4-3-5-13(14)17/h3-8H,9H2,1-2H3,(H,19,22). The highest BCUT2D eigenvalue weighted by atomic mass is 35.5. The van der Waals surface area contributed by atoms with Gasteiger partial charge in [-0.3, -0.25) is 4.79 Å². The fraction of sp³-hybridized carbons (Fsp3) is 0.188. The van der Waals surface area contributed by atoms with E-state index in [0.717, 1.165) is 11.2 Å². The molecular weight excluding hydrogens is 316 g/mol. The average Bonchev–Trinajstić information content (AvgIpc) is 2.87. The van der Waals surface area contributed by atoms with Gasteiger partial charge in [0.25, 0.3) is 5.91 Å². The van der Waals surface area contributed by atoms with Crippen molar-refractivity contribution < 1.29 is 9.53 Å². The van der Waals surface area contributed by atoms with E-state index in [0.29, 0.717) is 22.3 Å². The Kier molecular flexibility index (Phi) is 4.16. The zero-order valence-electron chi connectivity index (χ0n) is 12.7. The predicted octanol–water partition coefficient (Wildman–Crippen LogP) is 3.02. The summed E-state index contributed by atoms with van der Waals surface area (Å²) < 4.78 is 7.06. The van der Waals surface area contributed by atoms with Crippen LogP contribution in [0.3, 0.4) is 0 Å². The maximum absolute atomic E-state index is 12.0. The molecular formula is C16H15ClN4O2. The predicted molar refractivity (Wildman–Crippen MR) is 88.0 cm³/mol. The largest absolute Gasteiger partial charge is 0.482 e. The van der Waals surface area contributed by atoms with Crippen LogP contribution in [0.1, 0.15) is 11.4 Å². The number of halogens is 1. The van der Waals surface area contributed by atoms with Crippen molar-refractivity contribution in [2.75, 3.05) is 11.9 Å². The summed E-state index contributed by atoms with van der Waals surface area (Å²) in [6, 6.07) is 8.86. The van der Waals surface area contributed by atoms with Crippen LogP contribution in [0.2, 0.25) is 5.02 Å². The smallest absolute Gasteiger partial charge is 0.262 e. The number of hydrogen-bond donors (Lipinski definition) is 1. The van der Waals surface area contributed by atoms with Gasteiger partial charge in [-0.15, -0.1) is 0 Å². The van der Waals surface area contributed by atoms with E-state index in [4.69, 9.17) is 16.3 Å². The lowest BCUT2D eigenvalue weighted by Crippen LogP contribution is -2.20. The molecule has 2 heterocycles. The van der Waals surface area contributed by atoms with Crippen LogP contribution in [0.25, 0.3) is 5.65 Å². The molecule has 6 nitrogen and oxygen atoms in total. The topological polar surface area (TPSA) is 68.5 Å². The zero-order valence-corrected chi connectivity index (χ0v) is 13.5. The normalized spacial score (nSPS) is 10.7. The van der Waals surface area contributed by atoms with Crippen molar-refractivity contribution in [3.05, 3.63) is 52.9 Å². The number of rotatable bonds is 4. The van der Waals surface area contributed by atoms with Crippen molar-refractivity contribution in [3.8, 4) is 5.75 Å². The lowest BCUT2D eigenvalue weighted by Gasteiger charge is -2.09. The van der Waals surface area contributed by atoms with Crippen LogP contribution in [-0.2, 0) is 4.79 Å². The molecule has 3 rings (SSSR count). The molecule has 0 fully saturated rings. The fourth-order valence-corrected chi connectivity index (χ4v) is 2.42. The van der Waals surface area contributed by atoms with E-state index in [1.807, 2.05) is 19.9 Å². The Bertz CT molecular complexity index is 876. The Hall–Kier alpha value is -2.60. The number of aromatic nitrogens is 3. The molecule has 1 aromatic carbocycles. The van der Waals surface area contributed by atoms with Crippen LogP contribution in [-0.4, -0.2) is 27.1 Å². The summed E-state index contributed by atoms with van der Waals surface area (Å²) in [5, 5.41) is 7.50. The molecule has 0 unspecified atom stereocenters. The van der Waals surface area contributed by atoms with Gasteiger partial charge in [0.2, 0.25) is 0 Å². The first kappa shape index (κ1) is 15.3. The number of anilines is 1. The molecule has 0 aliphatic rings. The second-order valence-electron chi connectivity index (χ2n) is 5.11. The number of pyridine rings is 1. The lowest BCUT2D eigenvalue weighted by molar-refractivity contribution is -0.118. The summed E-state index contributed by atoms with van der Waals surface area (Å²) in [5.74, 6) is 0.877. The van der Waals surface area contributed by atoms with E-state index < -0.39 is 0 Å². The summed E-state index contributed by atoms with van der Waals surface area (Å²) in [5.41, 5.74) is 2.33. The van der Waals surface area contributed by atoms with E-state index in [2.05, 4.69) is 15.4 Å². The van der Waals surface area contributed by atoms with Gasteiger partial charge in [0, 0.05) is 0 Å². The van der Waals surface area contributed by atoms with Gasteiger partial charge in [0.15, 0.2) is 12.3 Å². The molecule has 0 saturated heterocycles. The van der Waals surface area contributed by atoms with Crippen LogP contribution < -0.4 is 10.1 Å². The molecule has 0 aliphatic heterocycles. The number of aryl methyl sites for hydroxylation is 2. The van der Waals surface area contributed by atoms with Crippen molar-refractivity contribution in [2.45, 2.75) is 13.8 Å². The summed E-state index contributed by atoms with van der Waals surface area (Å²) in [6.07, 6.45) is 1.72. The minimum absolute atomic E-state index is 0.128. The maximum atomic E-state index is 12.0. The van der Waals surface area contributed by atoms with Crippen LogP contribution in [0.4, 0.5) is 5.69 Å². The number of ether oxygens (including phenoxy) is 1. The highest BCUT2D eigenvalue weighted by Crippen LogP contribution is 2.23. The molecule has 0 radical (unpaired) electrons. The van der Waals surface area contributed by atoms with Crippen molar-refractivity contribution in [2.24, 2.45) is 0 Å².